The molecule has 0 aliphatic heterocycles. The van der Waals surface area contributed by atoms with Gasteiger partial charge in [0, 0.05) is 32.3 Å². The zero-order chi connectivity index (χ0) is 13.8. The van der Waals surface area contributed by atoms with E-state index in [4.69, 9.17) is 4.74 Å². The van der Waals surface area contributed by atoms with Gasteiger partial charge in [-0.2, -0.15) is 0 Å². The maximum Gasteiger partial charge on any atom is 0.0589 e. The third-order valence-corrected chi connectivity index (χ3v) is 3.67. The van der Waals surface area contributed by atoms with Gasteiger partial charge in [-0.15, -0.1) is 0 Å². The van der Waals surface area contributed by atoms with E-state index in [2.05, 4.69) is 37.9 Å². The summed E-state index contributed by atoms with van der Waals surface area (Å²) in [7, 11) is 1.78. The molecule has 2 atom stereocenters. The summed E-state index contributed by atoms with van der Waals surface area (Å²) in [6, 6.07) is 1.21. The zero-order valence-corrected chi connectivity index (χ0v) is 13.2. The van der Waals surface area contributed by atoms with Crippen LogP contribution in [0, 0.1) is 0 Å². The number of hydrogen-bond acceptors (Lipinski definition) is 3. The molecule has 18 heavy (non-hydrogen) atoms. The summed E-state index contributed by atoms with van der Waals surface area (Å²) in [5.74, 6) is 0. The molecule has 0 aromatic carbocycles. The summed E-state index contributed by atoms with van der Waals surface area (Å²) < 4.78 is 5.21. The zero-order valence-electron chi connectivity index (χ0n) is 13.2. The number of unbranched alkanes of at least 4 members (excludes halogenated alkanes) is 2. The maximum atomic E-state index is 5.21. The van der Waals surface area contributed by atoms with Gasteiger partial charge in [0.1, 0.15) is 0 Å². The molecule has 0 saturated heterocycles. The molecular weight excluding hydrogens is 224 g/mol. The Bertz CT molecular complexity index is 176. The van der Waals surface area contributed by atoms with Crippen LogP contribution in [0.3, 0.4) is 0 Å². The minimum absolute atomic E-state index is 0.580. The van der Waals surface area contributed by atoms with Gasteiger partial charge in [-0.3, -0.25) is 4.90 Å². The molecule has 0 radical (unpaired) electrons. The third kappa shape index (κ3) is 8.06. The lowest BCUT2D eigenvalue weighted by atomic mass is 10.1. The molecule has 2 unspecified atom stereocenters. The number of ether oxygens (including phenoxy) is 1. The van der Waals surface area contributed by atoms with Crippen LogP contribution in [0.25, 0.3) is 0 Å². The number of methoxy groups -OCH3 is 1. The first-order valence-electron chi connectivity index (χ1n) is 7.62. The van der Waals surface area contributed by atoms with Crippen molar-refractivity contribution in [3.05, 3.63) is 0 Å². The van der Waals surface area contributed by atoms with Crippen molar-refractivity contribution in [2.45, 2.75) is 65.5 Å². The monoisotopic (exact) mass is 258 g/mol. The Morgan fingerprint density at radius 2 is 1.83 bits per heavy atom. The van der Waals surface area contributed by atoms with Gasteiger partial charge in [-0.25, -0.2) is 0 Å². The van der Waals surface area contributed by atoms with E-state index >= 15 is 0 Å². The van der Waals surface area contributed by atoms with Crippen LogP contribution < -0.4 is 5.32 Å². The SMILES string of the molecule is CCCCCNCC(C)N(CCOC)C(C)CC. The smallest absolute Gasteiger partial charge is 0.0589 e. The summed E-state index contributed by atoms with van der Waals surface area (Å²) in [5.41, 5.74) is 0. The summed E-state index contributed by atoms with van der Waals surface area (Å²) in [6.07, 6.45) is 5.12. The minimum Gasteiger partial charge on any atom is -0.383 e. The fraction of sp³-hybridized carbons (Fsp3) is 1.00. The molecule has 0 fully saturated rings. The first-order valence-corrected chi connectivity index (χ1v) is 7.62. The number of nitrogens with one attached hydrogen (secondary N) is 1. The minimum atomic E-state index is 0.580. The number of nitrogens with zero attached hydrogens (tertiary/aromatic N) is 1. The van der Waals surface area contributed by atoms with E-state index in [-0.39, 0.29) is 0 Å². The van der Waals surface area contributed by atoms with Gasteiger partial charge in [0.2, 0.25) is 0 Å². The molecule has 3 heteroatoms. The highest BCUT2D eigenvalue weighted by Crippen LogP contribution is 2.08. The summed E-state index contributed by atoms with van der Waals surface area (Å²) in [6.45, 7) is 13.2. The molecule has 0 aromatic rings. The van der Waals surface area contributed by atoms with Crippen LogP contribution in [0.15, 0.2) is 0 Å². The Hall–Kier alpha value is -0.120. The van der Waals surface area contributed by atoms with Crippen LogP contribution in [0.4, 0.5) is 0 Å². The predicted molar refractivity (Wildman–Crippen MR) is 80.2 cm³/mol. The summed E-state index contributed by atoms with van der Waals surface area (Å²) >= 11 is 0. The van der Waals surface area contributed by atoms with Crippen LogP contribution in [0.5, 0.6) is 0 Å². The van der Waals surface area contributed by atoms with Gasteiger partial charge in [0.15, 0.2) is 0 Å². The van der Waals surface area contributed by atoms with Gasteiger partial charge in [-0.05, 0) is 33.2 Å². The van der Waals surface area contributed by atoms with E-state index < -0.39 is 0 Å². The van der Waals surface area contributed by atoms with Crippen molar-refractivity contribution in [2.75, 3.05) is 33.4 Å². The molecule has 1 N–H and O–H groups in total. The molecule has 0 amide bonds. The molecular formula is C15H34N2O. The lowest BCUT2D eigenvalue weighted by Gasteiger charge is -2.34. The molecule has 3 nitrogen and oxygen atoms in total. The highest BCUT2D eigenvalue weighted by Gasteiger charge is 2.17. The molecule has 0 rings (SSSR count). The van der Waals surface area contributed by atoms with E-state index in [0.717, 1.165) is 26.2 Å². The predicted octanol–water partition coefficient (Wildman–Crippen LogP) is 2.90. The quantitative estimate of drug-likeness (QED) is 0.545. The molecule has 0 aliphatic rings. The molecule has 0 aromatic heterocycles. The van der Waals surface area contributed by atoms with E-state index in [0.29, 0.717) is 12.1 Å². The second-order valence-corrected chi connectivity index (χ2v) is 5.25. The summed E-state index contributed by atoms with van der Waals surface area (Å²) in [4.78, 5) is 2.55. The average Bonchev–Trinajstić information content (AvgIpc) is 2.38. The third-order valence-electron chi connectivity index (χ3n) is 3.67. The van der Waals surface area contributed by atoms with Gasteiger partial charge in [0.25, 0.3) is 0 Å². The van der Waals surface area contributed by atoms with Crippen LogP contribution in [0.1, 0.15) is 53.4 Å². The lowest BCUT2D eigenvalue weighted by Crippen LogP contribution is -2.46. The highest BCUT2D eigenvalue weighted by atomic mass is 16.5. The molecule has 110 valence electrons. The second kappa shape index (κ2) is 11.9. The fourth-order valence-corrected chi connectivity index (χ4v) is 2.23. The second-order valence-electron chi connectivity index (χ2n) is 5.25. The van der Waals surface area contributed by atoms with Crippen molar-refractivity contribution in [1.82, 2.24) is 10.2 Å². The van der Waals surface area contributed by atoms with Gasteiger partial charge in [0.05, 0.1) is 6.61 Å². The standard InChI is InChI=1S/C15H34N2O/c1-6-8-9-10-16-13-15(4)17(11-12-18-5)14(3)7-2/h14-16H,6-13H2,1-5H3. The van der Waals surface area contributed by atoms with Crippen molar-refractivity contribution in [3.63, 3.8) is 0 Å². The Morgan fingerprint density at radius 1 is 1.11 bits per heavy atom. The highest BCUT2D eigenvalue weighted by molar-refractivity contribution is 4.74. The lowest BCUT2D eigenvalue weighted by molar-refractivity contribution is 0.0935. The van der Waals surface area contributed by atoms with E-state index in [1.807, 2.05) is 0 Å². The van der Waals surface area contributed by atoms with E-state index in [9.17, 15) is 0 Å². The Kier molecular flexibility index (Phi) is 11.9. The number of rotatable bonds is 12. The number of hydrogen-bond donors (Lipinski definition) is 1. The van der Waals surface area contributed by atoms with E-state index in [1.54, 1.807) is 7.11 Å². The topological polar surface area (TPSA) is 24.5 Å². The maximum absolute atomic E-state index is 5.21. The average molecular weight is 258 g/mol. The van der Waals surface area contributed by atoms with Gasteiger partial charge >= 0.3 is 0 Å². The first kappa shape index (κ1) is 17.9. The van der Waals surface area contributed by atoms with Crippen LogP contribution >= 0.6 is 0 Å². The van der Waals surface area contributed by atoms with Crippen molar-refractivity contribution in [1.29, 1.82) is 0 Å². The van der Waals surface area contributed by atoms with Crippen molar-refractivity contribution in [3.8, 4) is 0 Å². The summed E-state index contributed by atoms with van der Waals surface area (Å²) in [5, 5.41) is 3.57. The fourth-order valence-electron chi connectivity index (χ4n) is 2.23. The van der Waals surface area contributed by atoms with Gasteiger partial charge in [-0.1, -0.05) is 26.7 Å². The molecule has 0 spiro atoms. The van der Waals surface area contributed by atoms with Crippen LogP contribution in [-0.2, 0) is 4.74 Å². The Labute approximate surface area is 114 Å². The molecule has 0 bridgehead atoms. The molecule has 0 saturated carbocycles. The van der Waals surface area contributed by atoms with Gasteiger partial charge < -0.3 is 10.1 Å². The Balaban J connectivity index is 3.92. The first-order chi connectivity index (χ1) is 8.67. The van der Waals surface area contributed by atoms with Crippen LogP contribution in [-0.4, -0.2) is 50.3 Å². The van der Waals surface area contributed by atoms with Crippen molar-refractivity contribution >= 4 is 0 Å². The van der Waals surface area contributed by atoms with Crippen molar-refractivity contribution in [2.24, 2.45) is 0 Å². The molecule has 0 heterocycles. The molecule has 0 aliphatic carbocycles. The largest absolute Gasteiger partial charge is 0.383 e. The Morgan fingerprint density at radius 3 is 2.39 bits per heavy atom. The van der Waals surface area contributed by atoms with Crippen molar-refractivity contribution < 1.29 is 4.74 Å². The van der Waals surface area contributed by atoms with E-state index in [1.165, 1.54) is 25.7 Å². The van der Waals surface area contributed by atoms with Crippen LogP contribution in [0.2, 0.25) is 0 Å². The normalized spacial score (nSPS) is 15.0.